The second kappa shape index (κ2) is 14.1. The van der Waals surface area contributed by atoms with Crippen molar-refractivity contribution in [3.63, 3.8) is 0 Å². The van der Waals surface area contributed by atoms with Crippen molar-refractivity contribution in [3.8, 4) is 11.1 Å². The van der Waals surface area contributed by atoms with Gasteiger partial charge in [-0.1, -0.05) is 205 Å². The van der Waals surface area contributed by atoms with Crippen LogP contribution in [0.4, 0.5) is 17.1 Å². The maximum atomic E-state index is 2.54. The van der Waals surface area contributed by atoms with Crippen molar-refractivity contribution in [2.45, 2.75) is 15.2 Å². The summed E-state index contributed by atoms with van der Waals surface area (Å²) in [5.41, 5.74) is 11.0. The Balaban J connectivity index is 1.05. The Morgan fingerprint density at radius 1 is 0.367 bits per heavy atom. The second-order valence-electron chi connectivity index (χ2n) is 15.8. The minimum Gasteiger partial charge on any atom is -0.310 e. The van der Waals surface area contributed by atoms with Gasteiger partial charge >= 0.3 is 0 Å². The van der Waals surface area contributed by atoms with Crippen molar-refractivity contribution in [2.75, 3.05) is 4.90 Å². The van der Waals surface area contributed by atoms with Crippen LogP contribution in [0.5, 0.6) is 0 Å². The third kappa shape index (κ3) is 5.33. The summed E-state index contributed by atoms with van der Waals surface area (Å²) in [6.45, 7) is 0. The van der Waals surface area contributed by atoms with Gasteiger partial charge in [0.2, 0.25) is 0 Å². The molecular weight excluding hydrogens is 759 g/mol. The largest absolute Gasteiger partial charge is 0.310 e. The summed E-state index contributed by atoms with van der Waals surface area (Å²) in [6, 6.07) is 86.1. The van der Waals surface area contributed by atoms with Crippen LogP contribution in [0.1, 0.15) is 22.3 Å². The number of rotatable bonds is 5. The molecule has 1 radical (unpaired) electrons. The van der Waals surface area contributed by atoms with E-state index < -0.39 is 14.2 Å². The highest BCUT2D eigenvalue weighted by molar-refractivity contribution is 7.99. The predicted octanol–water partition coefficient (Wildman–Crippen LogP) is 12.8. The molecule has 1 nitrogen and oxygen atoms in total. The second-order valence-corrected chi connectivity index (χ2v) is 19.3. The predicted molar refractivity (Wildman–Crippen MR) is 255 cm³/mol. The lowest BCUT2D eigenvalue weighted by Crippen LogP contribution is -2.62. The van der Waals surface area contributed by atoms with E-state index >= 15 is 0 Å². The first-order valence-corrected chi connectivity index (χ1v) is 23.0. The van der Waals surface area contributed by atoms with Crippen molar-refractivity contribution in [2.24, 2.45) is 0 Å². The molecule has 0 aromatic heterocycles. The van der Waals surface area contributed by atoms with E-state index in [2.05, 4.69) is 235 Å². The lowest BCUT2D eigenvalue weighted by atomic mass is 9.64. The van der Waals surface area contributed by atoms with Crippen molar-refractivity contribution in [3.05, 3.63) is 253 Å². The van der Waals surface area contributed by atoms with Crippen LogP contribution in [0.15, 0.2) is 240 Å². The Hall–Kier alpha value is -6.91. The monoisotopic (exact) mass is 796 g/mol. The molecule has 2 aliphatic rings. The Morgan fingerprint density at radius 2 is 0.900 bits per heavy atom. The molecule has 10 aromatic rings. The summed E-state index contributed by atoms with van der Waals surface area (Å²) in [6.07, 6.45) is 0. The van der Waals surface area contributed by atoms with Crippen molar-refractivity contribution < 1.29 is 0 Å². The first-order chi connectivity index (χ1) is 29.8. The SMILES string of the molecule is c1ccc(N(c2ccc(-c3ccc4c(c3)[Si](c3ccccc3)c3ccccc3C43c4ccccc4Sc4ccccc43)cc2)c2cc3ccccc3c3ccccc23)cc1. The summed E-state index contributed by atoms with van der Waals surface area (Å²) < 4.78 is 0. The quantitative estimate of drug-likeness (QED) is 0.126. The van der Waals surface area contributed by atoms with Crippen LogP contribution in [0.2, 0.25) is 0 Å². The molecule has 0 fully saturated rings. The summed E-state index contributed by atoms with van der Waals surface area (Å²) in [7, 11) is -1.39. The molecule has 0 amide bonds. The molecule has 2 heterocycles. The van der Waals surface area contributed by atoms with Crippen LogP contribution in [0.3, 0.4) is 0 Å². The van der Waals surface area contributed by atoms with Crippen molar-refractivity contribution >= 4 is 74.7 Å². The molecular formula is C57H38NSSi. The van der Waals surface area contributed by atoms with Gasteiger partial charge in [0.15, 0.2) is 8.80 Å². The van der Waals surface area contributed by atoms with Gasteiger partial charge in [0, 0.05) is 26.6 Å². The van der Waals surface area contributed by atoms with Crippen molar-refractivity contribution in [1.82, 2.24) is 0 Å². The Kier molecular flexibility index (Phi) is 8.26. The van der Waals surface area contributed by atoms with Gasteiger partial charge < -0.3 is 4.90 Å². The number of para-hydroxylation sites is 1. The molecule has 0 saturated heterocycles. The molecule has 0 atom stereocenters. The smallest absolute Gasteiger partial charge is 0.155 e. The molecule has 0 unspecified atom stereocenters. The normalized spacial score (nSPS) is 13.7. The Bertz CT molecular complexity index is 3200. The average molecular weight is 797 g/mol. The van der Waals surface area contributed by atoms with Crippen LogP contribution in [-0.2, 0) is 5.41 Å². The lowest BCUT2D eigenvalue weighted by Gasteiger charge is -2.47. The maximum Gasteiger partial charge on any atom is 0.155 e. The van der Waals surface area contributed by atoms with Gasteiger partial charge in [-0.3, -0.25) is 0 Å². The third-order valence-corrected chi connectivity index (χ3v) is 16.6. The molecule has 12 rings (SSSR count). The Labute approximate surface area is 356 Å². The summed E-state index contributed by atoms with van der Waals surface area (Å²) in [4.78, 5) is 5.07. The van der Waals surface area contributed by atoms with Gasteiger partial charge in [0.1, 0.15) is 0 Å². The van der Waals surface area contributed by atoms with Gasteiger partial charge in [-0.05, 0) is 102 Å². The van der Waals surface area contributed by atoms with Crippen LogP contribution >= 0.6 is 11.8 Å². The zero-order valence-corrected chi connectivity index (χ0v) is 34.6. The number of nitrogens with zero attached hydrogens (tertiary/aromatic N) is 1. The molecule has 2 aliphatic heterocycles. The van der Waals surface area contributed by atoms with E-state index in [0.29, 0.717) is 0 Å². The zero-order valence-electron chi connectivity index (χ0n) is 32.8. The fraction of sp³-hybridized carbons (Fsp3) is 0.0175. The first-order valence-electron chi connectivity index (χ1n) is 20.7. The molecule has 60 heavy (non-hydrogen) atoms. The lowest BCUT2D eigenvalue weighted by molar-refractivity contribution is 0.708. The molecule has 281 valence electrons. The molecule has 1 spiro atoms. The third-order valence-electron chi connectivity index (χ3n) is 12.6. The molecule has 0 aliphatic carbocycles. The first kappa shape index (κ1) is 35.1. The topological polar surface area (TPSA) is 3.24 Å². The van der Waals surface area contributed by atoms with E-state index in [4.69, 9.17) is 0 Å². The van der Waals surface area contributed by atoms with Crippen LogP contribution in [0.25, 0.3) is 32.7 Å². The van der Waals surface area contributed by atoms with Crippen LogP contribution < -0.4 is 20.5 Å². The van der Waals surface area contributed by atoms with E-state index in [1.54, 1.807) is 0 Å². The highest BCUT2D eigenvalue weighted by Gasteiger charge is 2.50. The number of hydrogen-bond acceptors (Lipinski definition) is 2. The highest BCUT2D eigenvalue weighted by atomic mass is 32.2. The standard InChI is InChI=1S/C57H38NSSi/c1-3-18-42(19-4-1)58(52-37-41-17-7-8-22-45(41)46-23-9-10-24-47(46)52)43-34-31-39(32-35-43)40-33-36-51-56(38-40)60(44-20-5-2-6-21-44)55-30-16-13-27-50(55)57(51)48-25-11-14-28-53(48)59-54-29-15-12-26-49(54)57/h1-38H. The minimum absolute atomic E-state index is 0.436. The number of anilines is 3. The number of hydrogen-bond donors (Lipinski definition) is 0. The van der Waals surface area contributed by atoms with Gasteiger partial charge in [-0.15, -0.1) is 0 Å². The summed E-state index contributed by atoms with van der Waals surface area (Å²) in [5, 5.41) is 9.32. The average Bonchev–Trinajstić information content (AvgIpc) is 3.32. The van der Waals surface area contributed by atoms with E-state index in [-0.39, 0.29) is 0 Å². The van der Waals surface area contributed by atoms with E-state index in [1.165, 1.54) is 86.0 Å². The summed E-state index contributed by atoms with van der Waals surface area (Å²) in [5.74, 6) is 0. The number of benzene rings is 10. The van der Waals surface area contributed by atoms with E-state index in [0.717, 1.165) is 11.4 Å². The molecule has 0 saturated carbocycles. The number of fused-ring (bicyclic) bond motifs is 11. The van der Waals surface area contributed by atoms with Crippen molar-refractivity contribution in [1.29, 1.82) is 0 Å². The van der Waals surface area contributed by atoms with E-state index in [1.807, 2.05) is 11.8 Å². The maximum absolute atomic E-state index is 2.54. The summed E-state index contributed by atoms with van der Waals surface area (Å²) >= 11 is 1.90. The van der Waals surface area contributed by atoms with Gasteiger partial charge in [-0.2, -0.15) is 0 Å². The molecule has 10 aromatic carbocycles. The Morgan fingerprint density at radius 3 is 1.63 bits per heavy atom. The van der Waals surface area contributed by atoms with Gasteiger partial charge in [0.05, 0.1) is 11.1 Å². The minimum atomic E-state index is -1.39. The molecule has 0 N–H and O–H groups in total. The fourth-order valence-electron chi connectivity index (χ4n) is 10.1. The molecule has 3 heteroatoms. The van der Waals surface area contributed by atoms with Crippen LogP contribution in [0, 0.1) is 0 Å². The highest BCUT2D eigenvalue weighted by Crippen LogP contribution is 2.56. The van der Waals surface area contributed by atoms with Gasteiger partial charge in [0.25, 0.3) is 0 Å². The van der Waals surface area contributed by atoms with Gasteiger partial charge in [-0.25, -0.2) is 0 Å². The van der Waals surface area contributed by atoms with Crippen LogP contribution in [-0.4, -0.2) is 8.80 Å². The zero-order chi connectivity index (χ0) is 39.6. The van der Waals surface area contributed by atoms with E-state index in [9.17, 15) is 0 Å². The fourth-order valence-corrected chi connectivity index (χ4v) is 14.4. The molecule has 0 bridgehead atoms.